The average Bonchev–Trinajstić information content (AvgIpc) is 3.41. The highest BCUT2D eigenvalue weighted by Gasteiger charge is 3.06. The number of fused-ring (bicyclic) bond motifs is 2. The van der Waals surface area contributed by atoms with E-state index in [1.54, 1.807) is 6.92 Å². The van der Waals surface area contributed by atoms with Crippen LogP contribution < -0.4 is 9.47 Å². The van der Waals surface area contributed by atoms with Gasteiger partial charge in [0.05, 0.1) is 34.5 Å². The molecule has 8 nitrogen and oxygen atoms in total. The summed E-state index contributed by atoms with van der Waals surface area (Å²) in [4.78, 5) is 26.5. The summed E-state index contributed by atoms with van der Waals surface area (Å²) in [7, 11) is 0. The van der Waals surface area contributed by atoms with Crippen molar-refractivity contribution in [2.75, 3.05) is 0 Å². The molecule has 3 saturated carbocycles. The van der Waals surface area contributed by atoms with Crippen molar-refractivity contribution in [1.29, 1.82) is 0 Å². The molecule has 46 heavy (non-hydrogen) atoms. The quantitative estimate of drug-likeness (QED) is 0.238. The van der Waals surface area contributed by atoms with E-state index in [0.717, 1.165) is 31.2 Å². The van der Waals surface area contributed by atoms with Crippen molar-refractivity contribution < 1.29 is 39.1 Å². The molecule has 1 saturated heterocycles. The Morgan fingerprint density at radius 2 is 1.70 bits per heavy atom. The Bertz CT molecular complexity index is 1520. The molecule has 6 aliphatic rings. The minimum atomic E-state index is -0.981. The maximum atomic E-state index is 14.7. The second kappa shape index (κ2) is 9.97. The van der Waals surface area contributed by atoms with Gasteiger partial charge in [0.15, 0.2) is 5.78 Å². The smallest absolute Gasteiger partial charge is 0.306 e. The van der Waals surface area contributed by atoms with Gasteiger partial charge in [0.25, 0.3) is 0 Å². The summed E-state index contributed by atoms with van der Waals surface area (Å²) in [5.74, 6) is -0.495. The first-order valence-electron chi connectivity index (χ1n) is 17.6. The Morgan fingerprint density at radius 1 is 1.00 bits per heavy atom. The molecule has 252 valence electrons. The molecule has 9 atom stereocenters. The number of aromatic hydroxyl groups is 1. The van der Waals surface area contributed by atoms with Gasteiger partial charge >= 0.3 is 5.97 Å². The Morgan fingerprint density at radius 3 is 2.35 bits per heavy atom. The number of phenolic OH excluding ortho intramolecular Hbond substituents is 1. The first-order chi connectivity index (χ1) is 21.5. The Balaban J connectivity index is 1.34. The van der Waals surface area contributed by atoms with Crippen molar-refractivity contribution >= 4 is 17.8 Å². The van der Waals surface area contributed by atoms with Crippen LogP contribution in [0.5, 0.6) is 17.2 Å². The number of carbonyl (C=O) groups excluding carboxylic acids is 1. The standard InChI is InChI=1S/C38H52O8/c1-19(2)10-9-15-35(8)16-14-22-27(39)26-28(40)24-18-25-31(41)36(17-13-21(5)32(42)43)37(25)33(34(6,7)46-36)38(24,37)45-30(26)23(29(22)44-35)12-11-20(3)4/h14,16,19-21,24-25,31,33,39,41H,9-13,15,17-18H2,1-8H3,(H,42,43). The third-order valence-corrected chi connectivity index (χ3v) is 12.8. The summed E-state index contributed by atoms with van der Waals surface area (Å²) in [6.45, 7) is 16.6. The summed E-state index contributed by atoms with van der Waals surface area (Å²) >= 11 is 0. The Labute approximate surface area is 272 Å². The predicted octanol–water partition coefficient (Wildman–Crippen LogP) is 6.96. The highest BCUT2D eigenvalue weighted by atomic mass is 16.6. The van der Waals surface area contributed by atoms with Gasteiger partial charge in [-0.2, -0.15) is 0 Å². The maximum Gasteiger partial charge on any atom is 0.306 e. The fourth-order valence-corrected chi connectivity index (χ4v) is 11.0. The summed E-state index contributed by atoms with van der Waals surface area (Å²) in [5, 5.41) is 33.2. The number of hydrogen-bond acceptors (Lipinski definition) is 7. The number of aliphatic hydroxyl groups excluding tert-OH is 1. The number of benzene rings is 1. The number of carboxylic acid groups (broad SMARTS) is 1. The predicted molar refractivity (Wildman–Crippen MR) is 173 cm³/mol. The van der Waals surface area contributed by atoms with E-state index >= 15 is 0 Å². The molecule has 2 spiro atoms. The van der Waals surface area contributed by atoms with Gasteiger partial charge < -0.3 is 29.5 Å². The maximum absolute atomic E-state index is 14.7. The lowest BCUT2D eigenvalue weighted by atomic mass is 9.54. The van der Waals surface area contributed by atoms with E-state index < -0.39 is 51.7 Å². The number of ether oxygens (including phenoxy) is 3. The topological polar surface area (TPSA) is 123 Å². The molecule has 1 aromatic rings. The third-order valence-electron chi connectivity index (χ3n) is 12.8. The summed E-state index contributed by atoms with van der Waals surface area (Å²) in [5.41, 5.74) is -2.07. The fourth-order valence-electron chi connectivity index (χ4n) is 11.0. The minimum Gasteiger partial charge on any atom is -0.506 e. The lowest BCUT2D eigenvalue weighted by molar-refractivity contribution is -0.282. The van der Waals surface area contributed by atoms with Gasteiger partial charge in [-0.05, 0) is 89.7 Å². The zero-order chi connectivity index (χ0) is 33.4. The van der Waals surface area contributed by atoms with Crippen LogP contribution in [0.15, 0.2) is 6.08 Å². The third kappa shape index (κ3) is 3.80. The largest absolute Gasteiger partial charge is 0.506 e. The van der Waals surface area contributed by atoms with Gasteiger partial charge in [-0.25, -0.2) is 0 Å². The molecular formula is C38H52O8. The molecule has 0 aromatic heterocycles. The van der Waals surface area contributed by atoms with Crippen LogP contribution in [0, 0.1) is 40.9 Å². The number of aliphatic hydroxyl groups is 1. The van der Waals surface area contributed by atoms with Crippen LogP contribution in [0.2, 0.25) is 0 Å². The highest BCUT2D eigenvalue weighted by Crippen LogP contribution is 2.95. The molecular weight excluding hydrogens is 584 g/mol. The van der Waals surface area contributed by atoms with Crippen molar-refractivity contribution in [1.82, 2.24) is 0 Å². The lowest BCUT2D eigenvalue weighted by Crippen LogP contribution is -2.70. The molecule has 0 amide bonds. The molecule has 3 heterocycles. The van der Waals surface area contributed by atoms with Gasteiger partial charge in [-0.1, -0.05) is 41.0 Å². The second-order valence-electron chi connectivity index (χ2n) is 17.0. The second-order valence-corrected chi connectivity index (χ2v) is 17.0. The number of phenols is 1. The molecule has 1 aromatic carbocycles. The molecule has 9 unspecified atom stereocenters. The number of hydrogen-bond donors (Lipinski definition) is 3. The first-order valence-corrected chi connectivity index (χ1v) is 17.6. The first kappa shape index (κ1) is 32.0. The Kier molecular flexibility index (Phi) is 6.94. The van der Waals surface area contributed by atoms with Gasteiger partial charge in [0.1, 0.15) is 39.6 Å². The van der Waals surface area contributed by atoms with Crippen LogP contribution in [0.25, 0.3) is 6.08 Å². The van der Waals surface area contributed by atoms with E-state index in [4.69, 9.17) is 14.2 Å². The molecule has 4 fully saturated rings. The van der Waals surface area contributed by atoms with Crippen LogP contribution in [0.4, 0.5) is 0 Å². The summed E-state index contributed by atoms with van der Waals surface area (Å²) < 4.78 is 20.9. The van der Waals surface area contributed by atoms with Crippen LogP contribution in [-0.4, -0.2) is 55.6 Å². The molecule has 8 heteroatoms. The van der Waals surface area contributed by atoms with Crippen LogP contribution in [0.1, 0.15) is 122 Å². The van der Waals surface area contributed by atoms with Gasteiger partial charge in [0.2, 0.25) is 0 Å². The van der Waals surface area contributed by atoms with E-state index in [-0.39, 0.29) is 28.9 Å². The van der Waals surface area contributed by atoms with Gasteiger partial charge in [0, 0.05) is 17.4 Å². The van der Waals surface area contributed by atoms with E-state index in [1.807, 2.05) is 26.0 Å². The number of carboxylic acids is 1. The van der Waals surface area contributed by atoms with Crippen molar-refractivity contribution in [2.45, 2.75) is 135 Å². The highest BCUT2D eigenvalue weighted by molar-refractivity contribution is 6.08. The number of carbonyl (C=O) groups is 2. The van der Waals surface area contributed by atoms with Crippen molar-refractivity contribution in [3.8, 4) is 17.2 Å². The van der Waals surface area contributed by atoms with E-state index in [0.29, 0.717) is 54.6 Å². The van der Waals surface area contributed by atoms with Gasteiger partial charge in [-0.3, -0.25) is 9.59 Å². The molecule has 7 rings (SSSR count). The lowest BCUT2D eigenvalue weighted by Gasteiger charge is -2.58. The van der Waals surface area contributed by atoms with Crippen LogP contribution >= 0.6 is 0 Å². The zero-order valence-electron chi connectivity index (χ0n) is 28.7. The molecule has 0 radical (unpaired) electrons. The fraction of sp³-hybridized carbons (Fsp3) is 0.737. The van der Waals surface area contributed by atoms with Crippen molar-refractivity contribution in [3.63, 3.8) is 0 Å². The molecule has 0 bridgehead atoms. The van der Waals surface area contributed by atoms with E-state index in [1.165, 1.54) is 0 Å². The number of aliphatic carboxylic acids is 1. The van der Waals surface area contributed by atoms with E-state index in [2.05, 4.69) is 34.6 Å². The van der Waals surface area contributed by atoms with E-state index in [9.17, 15) is 24.9 Å². The number of Topliss-reactive ketones (excluding diaryl/α,β-unsaturated/α-hetero) is 1. The zero-order valence-corrected chi connectivity index (χ0v) is 28.7. The molecule has 3 aliphatic heterocycles. The van der Waals surface area contributed by atoms with Gasteiger partial charge in [-0.15, -0.1) is 0 Å². The monoisotopic (exact) mass is 636 g/mol. The number of rotatable bonds is 11. The molecule has 3 N–H and O–H groups in total. The summed E-state index contributed by atoms with van der Waals surface area (Å²) in [6, 6.07) is 0. The van der Waals surface area contributed by atoms with Crippen LogP contribution in [-0.2, 0) is 16.0 Å². The normalized spacial score (nSPS) is 39.1. The van der Waals surface area contributed by atoms with Crippen molar-refractivity contribution in [2.24, 2.45) is 40.9 Å². The molecule has 3 aliphatic carbocycles. The SMILES string of the molecule is CC(C)CCCC1(C)C=Cc2c(O)c3c(c(CCC(C)C)c2O1)OC12C(CC4C(O)C5(CCC(C)C(=O)O)OC(C)(C)C1C452)C3=O. The van der Waals surface area contributed by atoms with Crippen molar-refractivity contribution in [3.05, 3.63) is 22.8 Å². The minimum absolute atomic E-state index is 0.0845. The number of ketones is 1. The summed E-state index contributed by atoms with van der Waals surface area (Å²) in [6.07, 6.45) is 8.77. The average molecular weight is 637 g/mol. The Hall–Kier alpha value is -2.58. The van der Waals surface area contributed by atoms with Crippen LogP contribution in [0.3, 0.4) is 0 Å².